The molecule has 0 aliphatic carbocycles. The summed E-state index contributed by atoms with van der Waals surface area (Å²) in [6.07, 6.45) is 2.31. The van der Waals surface area contributed by atoms with E-state index in [0.29, 0.717) is 6.04 Å². The van der Waals surface area contributed by atoms with E-state index in [4.69, 9.17) is 4.74 Å². The van der Waals surface area contributed by atoms with Gasteiger partial charge in [0.1, 0.15) is 5.75 Å². The van der Waals surface area contributed by atoms with Gasteiger partial charge in [0.15, 0.2) is 0 Å². The second kappa shape index (κ2) is 6.65. The molecule has 0 heterocycles. The summed E-state index contributed by atoms with van der Waals surface area (Å²) in [7, 11) is 1.73. The number of rotatable bonds is 6. The SMILES string of the molecule is CCNC(C)CCc1cc(C)c(OC)cc1C. The number of methoxy groups -OCH3 is 1. The molecule has 0 bridgehead atoms. The molecule has 0 spiro atoms. The maximum absolute atomic E-state index is 5.33. The Balaban J connectivity index is 2.68. The quantitative estimate of drug-likeness (QED) is 0.817. The van der Waals surface area contributed by atoms with Gasteiger partial charge in [-0.05, 0) is 62.9 Å². The summed E-state index contributed by atoms with van der Waals surface area (Å²) in [6, 6.07) is 4.98. The second-order valence-corrected chi connectivity index (χ2v) is 4.75. The summed E-state index contributed by atoms with van der Waals surface area (Å²) in [5.41, 5.74) is 3.99. The molecular weight excluding hydrogens is 210 g/mol. The van der Waals surface area contributed by atoms with Crippen LogP contribution in [-0.4, -0.2) is 19.7 Å². The first-order chi connectivity index (χ1) is 8.08. The normalized spacial score (nSPS) is 12.5. The minimum Gasteiger partial charge on any atom is -0.496 e. The van der Waals surface area contributed by atoms with Gasteiger partial charge < -0.3 is 10.1 Å². The zero-order valence-electron chi connectivity index (χ0n) is 11.8. The topological polar surface area (TPSA) is 21.3 Å². The van der Waals surface area contributed by atoms with Gasteiger partial charge in [-0.2, -0.15) is 0 Å². The standard InChI is InChI=1S/C15H25NO/c1-6-16-13(4)7-8-14-9-12(3)15(17-5)10-11(14)2/h9-10,13,16H,6-8H2,1-5H3. The third kappa shape index (κ3) is 4.04. The first-order valence-corrected chi connectivity index (χ1v) is 6.46. The Morgan fingerprint density at radius 3 is 2.53 bits per heavy atom. The van der Waals surface area contributed by atoms with Crippen LogP contribution in [0, 0.1) is 13.8 Å². The van der Waals surface area contributed by atoms with Gasteiger partial charge >= 0.3 is 0 Å². The Labute approximate surface area is 105 Å². The van der Waals surface area contributed by atoms with Crippen molar-refractivity contribution in [2.45, 2.75) is 46.6 Å². The van der Waals surface area contributed by atoms with Crippen LogP contribution < -0.4 is 10.1 Å². The first-order valence-electron chi connectivity index (χ1n) is 6.46. The number of hydrogen-bond donors (Lipinski definition) is 1. The van der Waals surface area contributed by atoms with Gasteiger partial charge in [0.25, 0.3) is 0 Å². The van der Waals surface area contributed by atoms with Crippen molar-refractivity contribution in [3.05, 3.63) is 28.8 Å². The smallest absolute Gasteiger partial charge is 0.122 e. The second-order valence-electron chi connectivity index (χ2n) is 4.75. The molecule has 0 fully saturated rings. The van der Waals surface area contributed by atoms with Crippen LogP contribution in [-0.2, 0) is 6.42 Å². The molecule has 1 aromatic carbocycles. The highest BCUT2D eigenvalue weighted by Crippen LogP contribution is 2.23. The Morgan fingerprint density at radius 2 is 1.94 bits per heavy atom. The van der Waals surface area contributed by atoms with Gasteiger partial charge in [-0.15, -0.1) is 0 Å². The molecule has 1 aromatic rings. The molecule has 0 amide bonds. The lowest BCUT2D eigenvalue weighted by Crippen LogP contribution is -2.25. The van der Waals surface area contributed by atoms with Crippen molar-refractivity contribution in [1.82, 2.24) is 5.32 Å². The monoisotopic (exact) mass is 235 g/mol. The third-order valence-corrected chi connectivity index (χ3v) is 3.25. The number of benzene rings is 1. The van der Waals surface area contributed by atoms with Crippen LogP contribution in [0.15, 0.2) is 12.1 Å². The van der Waals surface area contributed by atoms with Crippen molar-refractivity contribution in [1.29, 1.82) is 0 Å². The van der Waals surface area contributed by atoms with Crippen LogP contribution >= 0.6 is 0 Å². The summed E-state index contributed by atoms with van der Waals surface area (Å²) in [6.45, 7) is 9.71. The first kappa shape index (κ1) is 14.0. The van der Waals surface area contributed by atoms with Crippen molar-refractivity contribution in [3.63, 3.8) is 0 Å². The number of ether oxygens (including phenoxy) is 1. The molecular formula is C15H25NO. The van der Waals surface area contributed by atoms with Crippen molar-refractivity contribution in [2.75, 3.05) is 13.7 Å². The molecule has 0 aliphatic rings. The fraction of sp³-hybridized carbons (Fsp3) is 0.600. The molecule has 0 saturated carbocycles. The van der Waals surface area contributed by atoms with Crippen LogP contribution in [0.5, 0.6) is 5.75 Å². The molecule has 0 radical (unpaired) electrons. The Morgan fingerprint density at radius 1 is 1.24 bits per heavy atom. The third-order valence-electron chi connectivity index (χ3n) is 3.25. The summed E-state index contributed by atoms with van der Waals surface area (Å²) in [4.78, 5) is 0. The maximum Gasteiger partial charge on any atom is 0.122 e. The zero-order chi connectivity index (χ0) is 12.8. The summed E-state index contributed by atoms with van der Waals surface area (Å²) < 4.78 is 5.33. The highest BCUT2D eigenvalue weighted by atomic mass is 16.5. The average Bonchev–Trinajstić information content (AvgIpc) is 2.30. The number of hydrogen-bond acceptors (Lipinski definition) is 2. The highest BCUT2D eigenvalue weighted by Gasteiger charge is 2.06. The Bertz CT molecular complexity index is 360. The van der Waals surface area contributed by atoms with E-state index in [1.165, 1.54) is 23.1 Å². The van der Waals surface area contributed by atoms with Crippen LogP contribution in [0.4, 0.5) is 0 Å². The van der Waals surface area contributed by atoms with Crippen LogP contribution in [0.25, 0.3) is 0 Å². The predicted octanol–water partition coefficient (Wildman–Crippen LogP) is 3.24. The minimum absolute atomic E-state index is 0.585. The fourth-order valence-corrected chi connectivity index (χ4v) is 2.16. The maximum atomic E-state index is 5.33. The van der Waals surface area contributed by atoms with Crippen molar-refractivity contribution in [3.8, 4) is 5.75 Å². The van der Waals surface area contributed by atoms with Crippen molar-refractivity contribution >= 4 is 0 Å². The lowest BCUT2D eigenvalue weighted by Gasteiger charge is -2.15. The highest BCUT2D eigenvalue weighted by molar-refractivity contribution is 5.41. The molecule has 2 nitrogen and oxygen atoms in total. The summed E-state index contributed by atoms with van der Waals surface area (Å²) >= 11 is 0. The average molecular weight is 235 g/mol. The molecule has 17 heavy (non-hydrogen) atoms. The van der Waals surface area contributed by atoms with Gasteiger partial charge in [-0.1, -0.05) is 13.0 Å². The van der Waals surface area contributed by atoms with Gasteiger partial charge in [-0.25, -0.2) is 0 Å². The molecule has 1 atom stereocenters. The Kier molecular flexibility index (Phi) is 5.49. The van der Waals surface area contributed by atoms with Gasteiger partial charge in [0.05, 0.1) is 7.11 Å². The summed E-state index contributed by atoms with van der Waals surface area (Å²) in [5, 5.41) is 3.45. The number of aryl methyl sites for hydroxylation is 3. The molecule has 1 N–H and O–H groups in total. The molecule has 1 rings (SSSR count). The van der Waals surface area contributed by atoms with E-state index in [-0.39, 0.29) is 0 Å². The molecule has 0 saturated heterocycles. The van der Waals surface area contributed by atoms with Crippen LogP contribution in [0.1, 0.15) is 37.0 Å². The van der Waals surface area contributed by atoms with Crippen LogP contribution in [0.3, 0.4) is 0 Å². The fourth-order valence-electron chi connectivity index (χ4n) is 2.16. The molecule has 96 valence electrons. The van der Waals surface area contributed by atoms with Gasteiger partial charge in [0, 0.05) is 6.04 Å². The van der Waals surface area contributed by atoms with Gasteiger partial charge in [-0.3, -0.25) is 0 Å². The van der Waals surface area contributed by atoms with Crippen molar-refractivity contribution < 1.29 is 4.74 Å². The van der Waals surface area contributed by atoms with E-state index < -0.39 is 0 Å². The van der Waals surface area contributed by atoms with Crippen LogP contribution in [0.2, 0.25) is 0 Å². The zero-order valence-corrected chi connectivity index (χ0v) is 11.8. The largest absolute Gasteiger partial charge is 0.496 e. The predicted molar refractivity (Wildman–Crippen MR) is 73.9 cm³/mol. The van der Waals surface area contributed by atoms with E-state index in [0.717, 1.165) is 18.7 Å². The van der Waals surface area contributed by atoms with E-state index in [1.54, 1.807) is 7.11 Å². The molecule has 0 aliphatic heterocycles. The van der Waals surface area contributed by atoms with Gasteiger partial charge in [0.2, 0.25) is 0 Å². The lowest BCUT2D eigenvalue weighted by molar-refractivity contribution is 0.411. The molecule has 2 heteroatoms. The molecule has 1 unspecified atom stereocenters. The molecule has 0 aromatic heterocycles. The van der Waals surface area contributed by atoms with E-state index in [9.17, 15) is 0 Å². The minimum atomic E-state index is 0.585. The van der Waals surface area contributed by atoms with E-state index in [2.05, 4.69) is 45.1 Å². The van der Waals surface area contributed by atoms with E-state index >= 15 is 0 Å². The van der Waals surface area contributed by atoms with Crippen molar-refractivity contribution in [2.24, 2.45) is 0 Å². The van der Waals surface area contributed by atoms with E-state index in [1.807, 2.05) is 0 Å². The lowest BCUT2D eigenvalue weighted by atomic mass is 9.98. The number of nitrogens with one attached hydrogen (secondary N) is 1. The Hall–Kier alpha value is -1.02. The summed E-state index contributed by atoms with van der Waals surface area (Å²) in [5.74, 6) is 0.992.